The molecule has 0 amide bonds. The Labute approximate surface area is 100 Å². The fourth-order valence-corrected chi connectivity index (χ4v) is 1.13. The average molecular weight is 272 g/mol. The monoisotopic (exact) mass is 271 g/mol. The Morgan fingerprint density at radius 3 is 2.47 bits per heavy atom. The number of halogens is 1. The van der Waals surface area contributed by atoms with Crippen LogP contribution in [0.5, 0.6) is 0 Å². The van der Waals surface area contributed by atoms with Crippen LogP contribution in [0, 0.1) is 0 Å². The van der Waals surface area contributed by atoms with E-state index in [-0.39, 0.29) is 23.0 Å². The largest absolute Gasteiger partial charge is 1.00 e. The van der Waals surface area contributed by atoms with Crippen molar-refractivity contribution in [1.82, 2.24) is 0 Å². The molecule has 0 spiro atoms. The molecule has 1 heterocycles. The number of rotatable bonds is 3. The van der Waals surface area contributed by atoms with Gasteiger partial charge in [-0.1, -0.05) is 6.07 Å². The third-order valence-electron chi connectivity index (χ3n) is 1.77. The van der Waals surface area contributed by atoms with Gasteiger partial charge in [-0.05, 0) is 12.5 Å². The topological polar surface area (TPSA) is 30.2 Å². The first-order valence-corrected chi connectivity index (χ1v) is 4.41. The summed E-state index contributed by atoms with van der Waals surface area (Å²) in [5.41, 5.74) is 0.966. The van der Waals surface area contributed by atoms with E-state index in [2.05, 4.69) is 4.74 Å². The molecule has 0 aliphatic heterocycles. The Hall–Kier alpha value is -1.16. The van der Waals surface area contributed by atoms with Crippen molar-refractivity contribution in [2.24, 2.45) is 0 Å². The Morgan fingerprint density at radius 2 is 1.93 bits per heavy atom. The Balaban J connectivity index is 0.00000196. The maximum Gasteiger partial charge on any atom is 0.330 e. The van der Waals surface area contributed by atoms with E-state index in [0.717, 1.165) is 5.57 Å². The molecular weight excluding hydrogens is 258 g/mol. The van der Waals surface area contributed by atoms with Crippen molar-refractivity contribution >= 4 is 5.97 Å². The number of ether oxygens (including phenoxy) is 1. The summed E-state index contributed by atoms with van der Waals surface area (Å²) >= 11 is 0. The van der Waals surface area contributed by atoms with Crippen LogP contribution in [0.4, 0.5) is 0 Å². The van der Waals surface area contributed by atoms with Gasteiger partial charge in [-0.15, -0.1) is 0 Å². The molecule has 0 saturated heterocycles. The summed E-state index contributed by atoms with van der Waals surface area (Å²) < 4.78 is 6.53. The highest BCUT2D eigenvalue weighted by Gasteiger charge is 2.02. The summed E-state index contributed by atoms with van der Waals surface area (Å²) in [5, 5.41) is 0. The first-order chi connectivity index (χ1) is 6.72. The van der Waals surface area contributed by atoms with Crippen molar-refractivity contribution in [2.75, 3.05) is 7.11 Å². The van der Waals surface area contributed by atoms with Gasteiger partial charge in [-0.25, -0.2) is 9.36 Å². The molecule has 0 fully saturated rings. The van der Waals surface area contributed by atoms with E-state index in [1.54, 1.807) is 0 Å². The van der Waals surface area contributed by atoms with Crippen molar-refractivity contribution in [3.63, 3.8) is 0 Å². The molecule has 0 aliphatic rings. The maximum absolute atomic E-state index is 10.9. The average Bonchev–Trinajstić information content (AvgIpc) is 2.19. The van der Waals surface area contributed by atoms with Gasteiger partial charge < -0.3 is 21.7 Å². The van der Waals surface area contributed by atoms with Crippen LogP contribution in [0.1, 0.15) is 6.92 Å². The summed E-state index contributed by atoms with van der Waals surface area (Å²) in [5.74, 6) is -0.306. The number of aromatic nitrogens is 1. The van der Waals surface area contributed by atoms with Crippen LogP contribution in [0.3, 0.4) is 0 Å². The highest BCUT2D eigenvalue weighted by molar-refractivity contribution is 5.82. The highest BCUT2D eigenvalue weighted by Crippen LogP contribution is 1.93. The van der Waals surface area contributed by atoms with Gasteiger partial charge in [-0.3, -0.25) is 0 Å². The van der Waals surface area contributed by atoms with Crippen LogP contribution in [0.2, 0.25) is 0 Å². The fraction of sp³-hybridized carbons (Fsp3) is 0.273. The number of nitrogens with zero attached hydrogens (tertiary/aromatic N) is 1. The molecular formula is C11H14BrNO2. The molecule has 0 aromatic carbocycles. The van der Waals surface area contributed by atoms with Crippen LogP contribution in [0.25, 0.3) is 0 Å². The van der Waals surface area contributed by atoms with Crippen LogP contribution in [-0.2, 0) is 16.1 Å². The van der Waals surface area contributed by atoms with Crippen molar-refractivity contribution < 1.29 is 31.1 Å². The first kappa shape index (κ1) is 13.8. The number of hydrogen-bond donors (Lipinski definition) is 0. The summed E-state index contributed by atoms with van der Waals surface area (Å²) in [7, 11) is 1.38. The van der Waals surface area contributed by atoms with Gasteiger partial charge >= 0.3 is 5.97 Å². The first-order valence-electron chi connectivity index (χ1n) is 4.41. The van der Waals surface area contributed by atoms with Crippen LogP contribution < -0.4 is 21.5 Å². The van der Waals surface area contributed by atoms with Gasteiger partial charge in [0.15, 0.2) is 18.9 Å². The SMILES string of the molecule is COC(=O)/C=C(\C)C[n+]1ccccc1.[Br-]. The van der Waals surface area contributed by atoms with Gasteiger partial charge in [-0.2, -0.15) is 0 Å². The zero-order valence-electron chi connectivity index (χ0n) is 8.81. The van der Waals surface area contributed by atoms with Gasteiger partial charge in [0.2, 0.25) is 0 Å². The number of hydrogen-bond acceptors (Lipinski definition) is 2. The minimum atomic E-state index is -0.306. The lowest BCUT2D eigenvalue weighted by Crippen LogP contribution is -3.00. The number of methoxy groups -OCH3 is 1. The van der Waals surface area contributed by atoms with Crippen molar-refractivity contribution in [3.05, 3.63) is 42.2 Å². The number of allylic oxidation sites excluding steroid dienone is 1. The molecule has 0 atom stereocenters. The standard InChI is InChI=1S/C11H14NO2.BrH/c1-10(8-11(13)14-2)9-12-6-4-3-5-7-12;/h3-8H,9H2,1-2H3;1H/q+1;/p-1/b10-8+;. The lowest BCUT2D eigenvalue weighted by molar-refractivity contribution is -0.689. The zero-order valence-corrected chi connectivity index (χ0v) is 10.4. The minimum Gasteiger partial charge on any atom is -1.00 e. The van der Waals surface area contributed by atoms with E-state index < -0.39 is 0 Å². The van der Waals surface area contributed by atoms with Crippen LogP contribution >= 0.6 is 0 Å². The third kappa shape index (κ3) is 5.32. The Morgan fingerprint density at radius 1 is 1.33 bits per heavy atom. The molecule has 4 heteroatoms. The van der Waals surface area contributed by atoms with Crippen molar-refractivity contribution in [1.29, 1.82) is 0 Å². The van der Waals surface area contributed by atoms with E-state index >= 15 is 0 Å². The predicted octanol–water partition coefficient (Wildman–Crippen LogP) is -1.90. The molecule has 3 nitrogen and oxygen atoms in total. The molecule has 82 valence electrons. The van der Waals surface area contributed by atoms with E-state index in [0.29, 0.717) is 6.54 Å². The smallest absolute Gasteiger partial charge is 0.330 e. The van der Waals surface area contributed by atoms with Crippen molar-refractivity contribution in [3.8, 4) is 0 Å². The minimum absolute atomic E-state index is 0. The second kappa shape index (κ2) is 7.17. The van der Waals surface area contributed by atoms with Gasteiger partial charge in [0.05, 0.1) is 7.11 Å². The molecule has 0 radical (unpaired) electrons. The second-order valence-corrected chi connectivity index (χ2v) is 3.06. The number of carbonyl (C=O) groups excluding carboxylic acids is 1. The predicted molar refractivity (Wildman–Crippen MR) is 52.4 cm³/mol. The molecule has 0 unspecified atom stereocenters. The molecule has 0 bridgehead atoms. The summed E-state index contributed by atoms with van der Waals surface area (Å²) in [4.78, 5) is 10.9. The van der Waals surface area contributed by atoms with E-state index in [9.17, 15) is 4.79 Å². The quantitative estimate of drug-likeness (QED) is 0.365. The molecule has 0 N–H and O–H groups in total. The van der Waals surface area contributed by atoms with Crippen LogP contribution in [0.15, 0.2) is 42.2 Å². The molecule has 15 heavy (non-hydrogen) atoms. The summed E-state index contributed by atoms with van der Waals surface area (Å²) in [6.07, 6.45) is 5.41. The fourth-order valence-electron chi connectivity index (χ4n) is 1.13. The third-order valence-corrected chi connectivity index (χ3v) is 1.77. The van der Waals surface area contributed by atoms with Gasteiger partial charge in [0.25, 0.3) is 0 Å². The van der Waals surface area contributed by atoms with E-state index in [1.807, 2.05) is 42.1 Å². The van der Waals surface area contributed by atoms with E-state index in [1.165, 1.54) is 13.2 Å². The number of carbonyl (C=O) groups is 1. The summed E-state index contributed by atoms with van der Waals surface area (Å²) in [6, 6.07) is 5.85. The molecule has 0 saturated carbocycles. The molecule has 1 aromatic heterocycles. The second-order valence-electron chi connectivity index (χ2n) is 3.06. The van der Waals surface area contributed by atoms with Crippen molar-refractivity contribution in [2.45, 2.75) is 13.5 Å². The molecule has 1 rings (SSSR count). The van der Waals surface area contributed by atoms with E-state index in [4.69, 9.17) is 0 Å². The lowest BCUT2D eigenvalue weighted by atomic mass is 10.3. The number of pyridine rings is 1. The Bertz CT molecular complexity index is 336. The summed E-state index contributed by atoms with van der Waals surface area (Å²) in [6.45, 7) is 2.60. The van der Waals surface area contributed by atoms with Crippen LogP contribution in [-0.4, -0.2) is 13.1 Å². The lowest BCUT2D eigenvalue weighted by Gasteiger charge is -1.96. The molecule has 0 aliphatic carbocycles. The van der Waals surface area contributed by atoms with Gasteiger partial charge in [0.1, 0.15) is 0 Å². The molecule has 1 aromatic rings. The highest BCUT2D eigenvalue weighted by atomic mass is 79.9. The maximum atomic E-state index is 10.9. The normalized spacial score (nSPS) is 10.4. The van der Waals surface area contributed by atoms with Gasteiger partial charge in [0, 0.05) is 18.2 Å². The Kier molecular flexibility index (Phi) is 6.62. The zero-order chi connectivity index (χ0) is 10.4. The number of esters is 1.